The van der Waals surface area contributed by atoms with E-state index < -0.39 is 24.3 Å². The fraction of sp³-hybridized carbons (Fsp3) is 0.744. The first kappa shape index (κ1) is 94.7. The molecule has 0 aromatic rings. The molecule has 2 atom stereocenters. The Bertz CT molecular complexity index is 2050. The van der Waals surface area contributed by atoms with E-state index in [2.05, 4.69) is 135 Å². The number of esters is 2. The molecule has 0 aliphatic rings. The number of carboxylic acids is 1. The van der Waals surface area contributed by atoms with Gasteiger partial charge in [-0.05, 0) is 103 Å². The minimum absolute atomic E-state index is 0.147. The third-order valence-electron chi connectivity index (χ3n) is 18.2. The fourth-order valence-corrected chi connectivity index (χ4v) is 11.9. The van der Waals surface area contributed by atoms with E-state index >= 15 is 0 Å². The molecule has 0 bridgehead atoms. The van der Waals surface area contributed by atoms with Gasteiger partial charge in [-0.2, -0.15) is 0 Å². The van der Waals surface area contributed by atoms with Gasteiger partial charge in [0.05, 0.1) is 40.3 Å². The van der Waals surface area contributed by atoms with E-state index in [1.165, 1.54) is 244 Å². The van der Waals surface area contributed by atoms with Crippen LogP contribution in [0.2, 0.25) is 0 Å². The molecule has 0 aromatic heterocycles. The summed E-state index contributed by atoms with van der Waals surface area (Å²) in [4.78, 5) is 37.7. The van der Waals surface area contributed by atoms with E-state index in [0.29, 0.717) is 23.9 Å². The predicted octanol–water partition coefficient (Wildman–Crippen LogP) is 25.7. The monoisotopic (exact) mass is 1380 g/mol. The lowest BCUT2D eigenvalue weighted by atomic mass is 10.0. The molecule has 0 aliphatic carbocycles. The van der Waals surface area contributed by atoms with E-state index in [1.807, 2.05) is 21.1 Å². The number of aliphatic carboxylic acids is 1. The SMILES string of the molecule is CC/C=C\C/C=C\C/C=C\C/C=C\C/C=C\CCCCCCCCCCCCCCCCCCCCCCCC(=O)OCC(COC(OCC[N+](C)(C)C)C(=O)[O-])OC(=O)CCCCCCCCCCCCCCCCCCCCCCC/C=C\C/C=C\C/C=C\C/C=C\C/C=C\CC. The smallest absolute Gasteiger partial charge is 0.306 e. The van der Waals surface area contributed by atoms with Gasteiger partial charge in [-0.25, -0.2) is 0 Å². The first-order valence-corrected chi connectivity index (χ1v) is 41.7. The lowest BCUT2D eigenvalue weighted by Crippen LogP contribution is -2.44. The summed E-state index contributed by atoms with van der Waals surface area (Å²) < 4.78 is 22.9. The Morgan fingerprint density at radius 2 is 0.545 bits per heavy atom. The molecule has 570 valence electrons. The van der Waals surface area contributed by atoms with Crippen LogP contribution in [0.5, 0.6) is 0 Å². The van der Waals surface area contributed by atoms with Gasteiger partial charge < -0.3 is 33.3 Å². The molecule has 0 heterocycles. The van der Waals surface area contributed by atoms with E-state index in [-0.39, 0.29) is 32.2 Å². The van der Waals surface area contributed by atoms with Crippen molar-refractivity contribution in [2.75, 3.05) is 47.5 Å². The summed E-state index contributed by atoms with van der Waals surface area (Å²) in [5.74, 6) is -2.26. The number of rotatable bonds is 77. The summed E-state index contributed by atoms with van der Waals surface area (Å²) in [6, 6.07) is 0. The van der Waals surface area contributed by atoms with Crippen LogP contribution in [0, 0.1) is 0 Å². The number of nitrogens with zero attached hydrogens (tertiary/aromatic N) is 1. The number of allylic oxidation sites excluding steroid dienone is 20. The summed E-state index contributed by atoms with van der Waals surface area (Å²) in [5, 5.41) is 11.9. The summed E-state index contributed by atoms with van der Waals surface area (Å²) in [6.07, 6.45) is 110. The van der Waals surface area contributed by atoms with Crippen LogP contribution in [-0.2, 0) is 33.3 Å². The highest BCUT2D eigenvalue weighted by atomic mass is 16.7. The first-order chi connectivity index (χ1) is 48.6. The van der Waals surface area contributed by atoms with Crippen molar-refractivity contribution >= 4 is 17.9 Å². The molecule has 99 heavy (non-hydrogen) atoms. The molecule has 0 amide bonds. The van der Waals surface area contributed by atoms with Gasteiger partial charge in [0.1, 0.15) is 13.2 Å². The first-order valence-electron chi connectivity index (χ1n) is 41.7. The number of hydrogen-bond acceptors (Lipinski definition) is 8. The van der Waals surface area contributed by atoms with Crippen LogP contribution in [0.1, 0.15) is 373 Å². The van der Waals surface area contributed by atoms with Crippen molar-refractivity contribution in [3.8, 4) is 0 Å². The molecule has 0 spiro atoms. The number of carbonyl (C=O) groups excluding carboxylic acids is 3. The molecular weight excluding hydrogens is 1220 g/mol. The Labute approximate surface area is 612 Å². The second kappa shape index (κ2) is 79.4. The van der Waals surface area contributed by atoms with Crippen LogP contribution < -0.4 is 5.11 Å². The fourth-order valence-electron chi connectivity index (χ4n) is 11.9. The van der Waals surface area contributed by atoms with Gasteiger partial charge in [0.2, 0.25) is 0 Å². The van der Waals surface area contributed by atoms with Crippen molar-refractivity contribution in [1.29, 1.82) is 0 Å². The minimum Gasteiger partial charge on any atom is -0.545 e. The van der Waals surface area contributed by atoms with Gasteiger partial charge in [0.15, 0.2) is 12.4 Å². The third-order valence-corrected chi connectivity index (χ3v) is 18.2. The normalized spacial score (nSPS) is 13.3. The molecular formula is C90H157NO8. The summed E-state index contributed by atoms with van der Waals surface area (Å²) in [6.45, 7) is 4.57. The van der Waals surface area contributed by atoms with E-state index in [0.717, 1.165) is 96.3 Å². The Hall–Kier alpha value is -4.31. The maximum atomic E-state index is 13.0. The Balaban J connectivity index is 3.97. The molecule has 9 heteroatoms. The Morgan fingerprint density at radius 3 is 0.808 bits per heavy atom. The molecule has 2 unspecified atom stereocenters. The highest BCUT2D eigenvalue weighted by Gasteiger charge is 2.22. The number of quaternary nitrogens is 1. The van der Waals surface area contributed by atoms with Gasteiger partial charge in [-0.15, -0.1) is 0 Å². The summed E-state index contributed by atoms with van der Waals surface area (Å²) in [5.41, 5.74) is 0. The van der Waals surface area contributed by atoms with E-state index in [4.69, 9.17) is 18.9 Å². The molecule has 0 saturated heterocycles. The third kappa shape index (κ3) is 80.9. The van der Waals surface area contributed by atoms with Crippen molar-refractivity contribution in [2.24, 2.45) is 0 Å². The molecule has 9 nitrogen and oxygen atoms in total. The van der Waals surface area contributed by atoms with E-state index in [1.54, 1.807) is 0 Å². The quantitative estimate of drug-likeness (QED) is 0.0195. The lowest BCUT2D eigenvalue weighted by Gasteiger charge is -2.26. The number of carboxylic acid groups (broad SMARTS) is 1. The average molecular weight is 1380 g/mol. The molecule has 0 radical (unpaired) electrons. The van der Waals surface area contributed by atoms with Gasteiger partial charge in [0, 0.05) is 12.8 Å². The van der Waals surface area contributed by atoms with Crippen LogP contribution >= 0.6 is 0 Å². The molecule has 0 rings (SSSR count). The van der Waals surface area contributed by atoms with Gasteiger partial charge in [-0.1, -0.05) is 379 Å². The van der Waals surface area contributed by atoms with E-state index in [9.17, 15) is 19.5 Å². The largest absolute Gasteiger partial charge is 0.545 e. The van der Waals surface area contributed by atoms with Crippen molar-refractivity contribution in [3.63, 3.8) is 0 Å². The highest BCUT2D eigenvalue weighted by molar-refractivity contribution is 5.70. The second-order valence-corrected chi connectivity index (χ2v) is 29.0. The predicted molar refractivity (Wildman–Crippen MR) is 426 cm³/mol. The zero-order chi connectivity index (χ0) is 71.8. The standard InChI is InChI=1S/C90H157NO8/c1-6-8-10-12-14-16-18-20-22-24-26-28-30-32-34-36-38-40-42-44-46-48-50-52-54-56-58-60-62-64-66-68-70-72-74-76-78-80-87(92)97-84-86(85-98-90(89(94)95)96-83-82-91(3,4)5)99-88(93)81-79-77-75-73-71-69-67-65-63-61-59-57-55-53-51-49-47-45-43-41-39-37-35-33-31-29-27-25-23-21-19-17-15-13-11-9-7-2/h8-11,14-17,20-23,26-29,32-35,86,90H,6-7,12-13,18-19,24-25,30-31,36-85H2,1-5H3/b10-8-,11-9-,16-14-,17-15-,22-20-,23-21-,28-26-,29-27-,34-32-,35-33-. The number of likely N-dealkylation sites (N-methyl/N-ethyl adjacent to an activating group) is 1. The van der Waals surface area contributed by atoms with Gasteiger partial charge in [0.25, 0.3) is 0 Å². The van der Waals surface area contributed by atoms with Crippen molar-refractivity contribution < 1.29 is 42.9 Å². The summed E-state index contributed by atoms with van der Waals surface area (Å²) in [7, 11) is 5.95. The van der Waals surface area contributed by atoms with Crippen molar-refractivity contribution in [3.05, 3.63) is 122 Å². The van der Waals surface area contributed by atoms with Crippen molar-refractivity contribution in [1.82, 2.24) is 0 Å². The zero-order valence-electron chi connectivity index (χ0n) is 65.3. The molecule has 0 saturated carbocycles. The van der Waals surface area contributed by atoms with Crippen molar-refractivity contribution in [2.45, 2.75) is 386 Å². The number of carbonyl (C=O) groups is 3. The summed E-state index contributed by atoms with van der Waals surface area (Å²) >= 11 is 0. The highest BCUT2D eigenvalue weighted by Crippen LogP contribution is 2.19. The second-order valence-electron chi connectivity index (χ2n) is 29.0. The van der Waals surface area contributed by atoms with Crippen LogP contribution in [-0.4, -0.2) is 82.3 Å². The van der Waals surface area contributed by atoms with Crippen LogP contribution in [0.25, 0.3) is 0 Å². The zero-order valence-corrected chi connectivity index (χ0v) is 65.3. The number of unbranched alkanes of at least 4 members (excludes halogenated alkanes) is 42. The molecule has 0 aromatic carbocycles. The Morgan fingerprint density at radius 1 is 0.303 bits per heavy atom. The lowest BCUT2D eigenvalue weighted by molar-refractivity contribution is -0.870. The van der Waals surface area contributed by atoms with Gasteiger partial charge >= 0.3 is 11.9 Å². The van der Waals surface area contributed by atoms with Crippen LogP contribution in [0.15, 0.2) is 122 Å². The number of hydrogen-bond donors (Lipinski definition) is 0. The molecule has 0 aliphatic heterocycles. The Kier molecular flexibility index (Phi) is 75.9. The number of ether oxygens (including phenoxy) is 4. The maximum absolute atomic E-state index is 13.0. The molecule has 0 N–H and O–H groups in total. The van der Waals surface area contributed by atoms with Gasteiger partial charge in [-0.3, -0.25) is 9.59 Å². The average Bonchev–Trinajstić information content (AvgIpc) is 1.41. The van der Waals surface area contributed by atoms with Crippen LogP contribution in [0.3, 0.4) is 0 Å². The van der Waals surface area contributed by atoms with Crippen LogP contribution in [0.4, 0.5) is 0 Å². The molecule has 0 fully saturated rings. The minimum atomic E-state index is -1.62. The maximum Gasteiger partial charge on any atom is 0.306 e. The topological polar surface area (TPSA) is 111 Å².